The summed E-state index contributed by atoms with van der Waals surface area (Å²) in [6.45, 7) is 2.40. The van der Waals surface area contributed by atoms with Gasteiger partial charge in [-0.1, -0.05) is 0 Å². The quantitative estimate of drug-likeness (QED) is 0.312. The average Bonchev–Trinajstić information content (AvgIpc) is 2.43. The second-order valence-electron chi connectivity index (χ2n) is 5.11. The second kappa shape index (κ2) is 13.8. The molecule has 142 valence electrons. The molecule has 0 amide bonds. The second-order valence-corrected chi connectivity index (χ2v) is 9.15. The Kier molecular flexibility index (Phi) is 13.5. The summed E-state index contributed by atoms with van der Waals surface area (Å²) in [5.74, 6) is -0.0240. The first-order valence-electron chi connectivity index (χ1n) is 7.47. The predicted octanol–water partition coefficient (Wildman–Crippen LogP) is 0.253. The number of carboxylic acid groups (broad SMARTS) is 2. The van der Waals surface area contributed by atoms with E-state index in [0.29, 0.717) is 13.1 Å². The highest BCUT2D eigenvalue weighted by atomic mass is 32.2. The van der Waals surface area contributed by atoms with Gasteiger partial charge in [0.2, 0.25) is 10.0 Å². The molecule has 0 radical (unpaired) electrons. The van der Waals surface area contributed by atoms with E-state index in [2.05, 4.69) is 9.62 Å². The molecule has 0 aromatic carbocycles. The van der Waals surface area contributed by atoms with Crippen LogP contribution in [0.1, 0.15) is 12.8 Å². The lowest BCUT2D eigenvalue weighted by Crippen LogP contribution is -2.36. The van der Waals surface area contributed by atoms with Crippen LogP contribution in [0.15, 0.2) is 0 Å². The van der Waals surface area contributed by atoms with E-state index in [0.717, 1.165) is 43.7 Å². The third kappa shape index (κ3) is 17.9. The topological polar surface area (TPSA) is 124 Å². The third-order valence-corrected chi connectivity index (χ3v) is 5.55. The number of sulfonamides is 1. The SMILES string of the molecule is CS(=O)(=O)NCCN(CCCSCC(=O)O)CCCSCC(=O)O. The van der Waals surface area contributed by atoms with Crippen LogP contribution in [0.25, 0.3) is 0 Å². The molecule has 0 heterocycles. The summed E-state index contributed by atoms with van der Waals surface area (Å²) < 4.78 is 24.6. The minimum Gasteiger partial charge on any atom is -0.481 e. The molecular weight excluding hydrogens is 376 g/mol. The lowest BCUT2D eigenvalue weighted by Gasteiger charge is -2.22. The highest BCUT2D eigenvalue weighted by molar-refractivity contribution is 8.00. The molecule has 11 heteroatoms. The zero-order chi connectivity index (χ0) is 18.4. The van der Waals surface area contributed by atoms with Crippen LogP contribution in [0.4, 0.5) is 0 Å². The van der Waals surface area contributed by atoms with Crippen LogP contribution in [0.2, 0.25) is 0 Å². The third-order valence-electron chi connectivity index (χ3n) is 2.77. The van der Waals surface area contributed by atoms with Gasteiger partial charge in [0.15, 0.2) is 0 Å². The minimum atomic E-state index is -3.21. The van der Waals surface area contributed by atoms with Crippen molar-refractivity contribution in [2.24, 2.45) is 0 Å². The van der Waals surface area contributed by atoms with Gasteiger partial charge in [-0.25, -0.2) is 13.1 Å². The monoisotopic (exact) mass is 402 g/mol. The molecule has 0 atom stereocenters. The van der Waals surface area contributed by atoms with E-state index < -0.39 is 22.0 Å². The summed E-state index contributed by atoms with van der Waals surface area (Å²) in [6, 6.07) is 0. The van der Waals surface area contributed by atoms with Crippen molar-refractivity contribution < 1.29 is 28.2 Å². The molecule has 0 aliphatic rings. The summed E-state index contributed by atoms with van der Waals surface area (Å²) >= 11 is 2.72. The maximum atomic E-state index is 11.1. The summed E-state index contributed by atoms with van der Waals surface area (Å²) in [7, 11) is -3.21. The first kappa shape index (κ1) is 23.5. The van der Waals surface area contributed by atoms with Crippen LogP contribution < -0.4 is 4.72 Å². The average molecular weight is 403 g/mol. The fraction of sp³-hybridized carbons (Fsp3) is 0.846. The van der Waals surface area contributed by atoms with Crippen molar-refractivity contribution in [1.29, 1.82) is 0 Å². The lowest BCUT2D eigenvalue weighted by atomic mass is 10.3. The van der Waals surface area contributed by atoms with Gasteiger partial charge in [-0.15, -0.1) is 0 Å². The van der Waals surface area contributed by atoms with E-state index in [-0.39, 0.29) is 11.5 Å². The molecule has 0 saturated heterocycles. The predicted molar refractivity (Wildman–Crippen MR) is 98.4 cm³/mol. The van der Waals surface area contributed by atoms with E-state index >= 15 is 0 Å². The zero-order valence-electron chi connectivity index (χ0n) is 13.8. The van der Waals surface area contributed by atoms with Gasteiger partial charge in [-0.3, -0.25) is 9.59 Å². The molecule has 0 aliphatic heterocycles. The van der Waals surface area contributed by atoms with Gasteiger partial charge in [-0.2, -0.15) is 23.5 Å². The van der Waals surface area contributed by atoms with E-state index in [4.69, 9.17) is 10.2 Å². The Bertz CT molecular complexity index is 448. The van der Waals surface area contributed by atoms with Gasteiger partial charge in [0, 0.05) is 13.1 Å². The number of aliphatic carboxylic acids is 2. The van der Waals surface area contributed by atoms with E-state index in [9.17, 15) is 18.0 Å². The van der Waals surface area contributed by atoms with Crippen LogP contribution in [0.3, 0.4) is 0 Å². The van der Waals surface area contributed by atoms with Gasteiger partial charge in [0.05, 0.1) is 17.8 Å². The molecule has 0 aromatic rings. The van der Waals surface area contributed by atoms with E-state index in [1.54, 1.807) is 0 Å². The van der Waals surface area contributed by atoms with Crippen molar-refractivity contribution in [1.82, 2.24) is 9.62 Å². The summed E-state index contributed by atoms with van der Waals surface area (Å²) in [6.07, 6.45) is 2.75. The molecule has 8 nitrogen and oxygen atoms in total. The van der Waals surface area contributed by atoms with Crippen molar-refractivity contribution >= 4 is 45.5 Å². The Morgan fingerprint density at radius 3 is 1.79 bits per heavy atom. The molecule has 24 heavy (non-hydrogen) atoms. The zero-order valence-corrected chi connectivity index (χ0v) is 16.2. The van der Waals surface area contributed by atoms with Crippen molar-refractivity contribution in [2.75, 3.05) is 55.4 Å². The number of hydrogen-bond acceptors (Lipinski definition) is 7. The van der Waals surface area contributed by atoms with E-state index in [1.165, 1.54) is 23.5 Å². The number of nitrogens with zero attached hydrogens (tertiary/aromatic N) is 1. The molecule has 0 fully saturated rings. The Hall–Kier alpha value is -0.490. The molecule has 0 rings (SSSR count). The Balaban J connectivity index is 4.03. The number of carbonyl (C=O) groups is 2. The van der Waals surface area contributed by atoms with Crippen molar-refractivity contribution in [3.63, 3.8) is 0 Å². The molecule has 0 unspecified atom stereocenters. The largest absolute Gasteiger partial charge is 0.481 e. The number of rotatable bonds is 16. The van der Waals surface area contributed by atoms with Gasteiger partial charge in [0.25, 0.3) is 0 Å². The van der Waals surface area contributed by atoms with Crippen molar-refractivity contribution in [2.45, 2.75) is 12.8 Å². The van der Waals surface area contributed by atoms with Crippen LogP contribution in [-0.4, -0.2) is 90.9 Å². The van der Waals surface area contributed by atoms with Crippen LogP contribution in [0.5, 0.6) is 0 Å². The van der Waals surface area contributed by atoms with Crippen LogP contribution >= 0.6 is 23.5 Å². The Morgan fingerprint density at radius 1 is 0.958 bits per heavy atom. The number of hydrogen-bond donors (Lipinski definition) is 3. The van der Waals surface area contributed by atoms with Gasteiger partial charge in [0.1, 0.15) is 0 Å². The molecule has 0 saturated carbocycles. The summed E-state index contributed by atoms with van der Waals surface area (Å²) in [5.41, 5.74) is 0. The van der Waals surface area contributed by atoms with Gasteiger partial charge >= 0.3 is 11.9 Å². The van der Waals surface area contributed by atoms with Crippen molar-refractivity contribution in [3.05, 3.63) is 0 Å². The van der Waals surface area contributed by atoms with Gasteiger partial charge < -0.3 is 15.1 Å². The first-order valence-corrected chi connectivity index (χ1v) is 11.7. The van der Waals surface area contributed by atoms with Crippen molar-refractivity contribution in [3.8, 4) is 0 Å². The number of carboxylic acids is 2. The highest BCUT2D eigenvalue weighted by Crippen LogP contribution is 2.06. The molecule has 3 N–H and O–H groups in total. The highest BCUT2D eigenvalue weighted by Gasteiger charge is 2.08. The van der Waals surface area contributed by atoms with E-state index in [1.807, 2.05) is 0 Å². The van der Waals surface area contributed by atoms with Gasteiger partial charge in [-0.05, 0) is 37.4 Å². The molecule has 0 spiro atoms. The first-order chi connectivity index (χ1) is 11.2. The Morgan fingerprint density at radius 2 is 1.42 bits per heavy atom. The van der Waals surface area contributed by atoms with Crippen LogP contribution in [-0.2, 0) is 19.6 Å². The smallest absolute Gasteiger partial charge is 0.313 e. The molecule has 0 aromatic heterocycles. The minimum absolute atomic E-state index is 0.0848. The maximum absolute atomic E-state index is 11.1. The standard InChI is InChI=1S/C13H26N2O6S3/c1-24(20,21)14-4-7-15(5-2-8-22-10-12(16)17)6-3-9-23-11-13(18)19/h14H,2-11H2,1H3,(H,16,17)(H,18,19). The fourth-order valence-corrected chi connectivity index (χ4v) is 3.59. The summed E-state index contributed by atoms with van der Waals surface area (Å²) in [4.78, 5) is 23.0. The number of nitrogens with one attached hydrogen (secondary N) is 1. The molecule has 0 bridgehead atoms. The van der Waals surface area contributed by atoms with Crippen LogP contribution in [0, 0.1) is 0 Å². The maximum Gasteiger partial charge on any atom is 0.313 e. The fourth-order valence-electron chi connectivity index (χ4n) is 1.82. The molecule has 0 aliphatic carbocycles. The Labute approximate surface area is 151 Å². The summed E-state index contributed by atoms with van der Waals surface area (Å²) in [5, 5.41) is 17.2. The molecular formula is C13H26N2O6S3. The normalized spacial score (nSPS) is 11.8. The lowest BCUT2D eigenvalue weighted by molar-refractivity contribution is -0.134. The number of thioether (sulfide) groups is 2.